The van der Waals surface area contributed by atoms with Gasteiger partial charge in [-0.15, -0.1) is 11.3 Å². The van der Waals surface area contributed by atoms with Gasteiger partial charge in [-0.2, -0.15) is 0 Å². The molecule has 4 heteroatoms. The Kier molecular flexibility index (Phi) is 2.45. The minimum atomic E-state index is 0.315. The highest BCUT2D eigenvalue weighted by Gasteiger charge is 2.22. The number of nitrogens with two attached hydrogens (primary N) is 1. The normalized spacial score (nSPS) is 16.4. The predicted molar refractivity (Wildman–Crippen MR) is 76.9 cm³/mol. The van der Waals surface area contributed by atoms with E-state index in [1.165, 1.54) is 35.3 Å². The molecule has 0 radical (unpaired) electrons. The summed E-state index contributed by atoms with van der Waals surface area (Å²) in [5.74, 6) is 1.65. The minimum absolute atomic E-state index is 0.315. The van der Waals surface area contributed by atoms with Crippen LogP contribution in [-0.4, -0.2) is 6.79 Å². The summed E-state index contributed by atoms with van der Waals surface area (Å²) >= 11 is 1.75. The van der Waals surface area contributed by atoms with Crippen molar-refractivity contribution in [3.8, 4) is 22.6 Å². The number of benzene rings is 1. The van der Waals surface area contributed by atoms with Crippen LogP contribution in [0.3, 0.4) is 0 Å². The summed E-state index contributed by atoms with van der Waals surface area (Å²) in [6.45, 7) is 0.315. The third-order valence-corrected chi connectivity index (χ3v) is 4.98. The van der Waals surface area contributed by atoms with Crippen molar-refractivity contribution >= 4 is 16.3 Å². The fraction of sp³-hybridized carbons (Fsp3) is 0.333. The first-order valence-corrected chi connectivity index (χ1v) is 7.44. The number of thiophene rings is 1. The van der Waals surface area contributed by atoms with Crippen LogP contribution in [0.25, 0.3) is 11.1 Å². The van der Waals surface area contributed by atoms with Gasteiger partial charge in [0, 0.05) is 10.4 Å². The minimum Gasteiger partial charge on any atom is -0.454 e. The van der Waals surface area contributed by atoms with Gasteiger partial charge in [0.1, 0.15) is 0 Å². The number of fused-ring (bicyclic) bond motifs is 2. The molecule has 0 spiro atoms. The van der Waals surface area contributed by atoms with Crippen LogP contribution in [0.5, 0.6) is 11.5 Å². The van der Waals surface area contributed by atoms with Gasteiger partial charge in [-0.1, -0.05) is 6.07 Å². The Bertz CT molecular complexity index is 648. The van der Waals surface area contributed by atoms with E-state index in [-0.39, 0.29) is 0 Å². The largest absolute Gasteiger partial charge is 0.454 e. The topological polar surface area (TPSA) is 44.5 Å². The molecule has 1 aromatic heterocycles. The lowest BCUT2D eigenvalue weighted by molar-refractivity contribution is 0.174. The molecular formula is C15H15NO2S. The third-order valence-electron chi connectivity index (χ3n) is 3.86. The maximum atomic E-state index is 6.24. The van der Waals surface area contributed by atoms with Crippen molar-refractivity contribution < 1.29 is 9.47 Å². The summed E-state index contributed by atoms with van der Waals surface area (Å²) in [5, 5.41) is 0.936. The molecule has 1 aliphatic heterocycles. The van der Waals surface area contributed by atoms with Crippen LogP contribution in [0.2, 0.25) is 0 Å². The molecule has 98 valence electrons. The van der Waals surface area contributed by atoms with Gasteiger partial charge in [0.05, 0.1) is 5.00 Å². The SMILES string of the molecule is Nc1sc2c(c1-c1ccc3c(c1)OCO3)CCCC2. The summed E-state index contributed by atoms with van der Waals surface area (Å²) in [6.07, 6.45) is 4.87. The zero-order valence-electron chi connectivity index (χ0n) is 10.6. The van der Waals surface area contributed by atoms with E-state index in [1.54, 1.807) is 11.3 Å². The highest BCUT2D eigenvalue weighted by atomic mass is 32.1. The van der Waals surface area contributed by atoms with Crippen molar-refractivity contribution in [1.82, 2.24) is 0 Å². The summed E-state index contributed by atoms with van der Waals surface area (Å²) < 4.78 is 10.8. The summed E-state index contributed by atoms with van der Waals surface area (Å²) in [5.41, 5.74) is 10.1. The van der Waals surface area contributed by atoms with Gasteiger partial charge in [0.2, 0.25) is 6.79 Å². The predicted octanol–water partition coefficient (Wildman–Crippen LogP) is 3.60. The molecule has 0 bridgehead atoms. The lowest BCUT2D eigenvalue weighted by Crippen LogP contribution is -1.99. The van der Waals surface area contributed by atoms with Gasteiger partial charge in [-0.05, 0) is 48.9 Å². The van der Waals surface area contributed by atoms with Crippen LogP contribution in [0.4, 0.5) is 5.00 Å². The molecule has 19 heavy (non-hydrogen) atoms. The highest BCUT2D eigenvalue weighted by molar-refractivity contribution is 7.16. The summed E-state index contributed by atoms with van der Waals surface area (Å²) in [4.78, 5) is 1.47. The fourth-order valence-electron chi connectivity index (χ4n) is 2.96. The average molecular weight is 273 g/mol. The van der Waals surface area contributed by atoms with E-state index in [0.29, 0.717) is 6.79 Å². The maximum absolute atomic E-state index is 6.24. The average Bonchev–Trinajstić information content (AvgIpc) is 3.00. The first-order valence-electron chi connectivity index (χ1n) is 6.63. The van der Waals surface area contributed by atoms with E-state index >= 15 is 0 Å². The van der Waals surface area contributed by atoms with Crippen LogP contribution < -0.4 is 15.2 Å². The molecule has 2 aromatic rings. The Morgan fingerprint density at radius 2 is 1.89 bits per heavy atom. The Morgan fingerprint density at radius 1 is 1.05 bits per heavy atom. The molecule has 1 aliphatic carbocycles. The number of anilines is 1. The number of aryl methyl sites for hydroxylation is 1. The molecule has 0 saturated heterocycles. The van der Waals surface area contributed by atoms with Gasteiger partial charge in [-0.3, -0.25) is 0 Å². The maximum Gasteiger partial charge on any atom is 0.231 e. The molecule has 2 heterocycles. The zero-order valence-corrected chi connectivity index (χ0v) is 11.4. The lowest BCUT2D eigenvalue weighted by Gasteiger charge is -2.13. The first-order chi connectivity index (χ1) is 9.33. The third kappa shape index (κ3) is 1.70. The fourth-order valence-corrected chi connectivity index (χ4v) is 4.14. The molecule has 2 aliphatic rings. The van der Waals surface area contributed by atoms with Crippen LogP contribution in [0.1, 0.15) is 23.3 Å². The Morgan fingerprint density at radius 3 is 2.84 bits per heavy atom. The van der Waals surface area contributed by atoms with Gasteiger partial charge < -0.3 is 15.2 Å². The van der Waals surface area contributed by atoms with Crippen molar-refractivity contribution in [1.29, 1.82) is 0 Å². The number of hydrogen-bond acceptors (Lipinski definition) is 4. The zero-order chi connectivity index (χ0) is 12.8. The van der Waals surface area contributed by atoms with Crippen LogP contribution >= 0.6 is 11.3 Å². The standard InChI is InChI=1S/C15H15NO2S/c16-15-14(10-3-1-2-4-13(10)19-15)9-5-6-11-12(7-9)18-8-17-11/h5-7H,1-4,8,16H2. The van der Waals surface area contributed by atoms with Crippen LogP contribution in [0.15, 0.2) is 18.2 Å². The van der Waals surface area contributed by atoms with Crippen LogP contribution in [-0.2, 0) is 12.8 Å². The van der Waals surface area contributed by atoms with Crippen LogP contribution in [0, 0.1) is 0 Å². The Hall–Kier alpha value is -1.68. The van der Waals surface area contributed by atoms with Crippen molar-refractivity contribution in [2.45, 2.75) is 25.7 Å². The molecule has 1 aromatic carbocycles. The van der Waals surface area contributed by atoms with Gasteiger partial charge in [0.25, 0.3) is 0 Å². The lowest BCUT2D eigenvalue weighted by atomic mass is 9.92. The number of ether oxygens (including phenoxy) is 2. The number of hydrogen-bond donors (Lipinski definition) is 1. The van der Waals surface area contributed by atoms with E-state index in [4.69, 9.17) is 15.2 Å². The van der Waals surface area contributed by atoms with Crippen molar-refractivity contribution in [2.75, 3.05) is 12.5 Å². The second-order valence-electron chi connectivity index (χ2n) is 5.02. The van der Waals surface area contributed by atoms with E-state index in [2.05, 4.69) is 12.1 Å². The molecule has 0 unspecified atom stereocenters. The van der Waals surface area contributed by atoms with Gasteiger partial charge in [-0.25, -0.2) is 0 Å². The quantitative estimate of drug-likeness (QED) is 0.863. The molecule has 0 saturated carbocycles. The monoisotopic (exact) mass is 273 g/mol. The second-order valence-corrected chi connectivity index (χ2v) is 6.15. The van der Waals surface area contributed by atoms with Crippen molar-refractivity contribution in [3.05, 3.63) is 28.6 Å². The van der Waals surface area contributed by atoms with E-state index in [9.17, 15) is 0 Å². The summed E-state index contributed by atoms with van der Waals surface area (Å²) in [7, 11) is 0. The molecule has 2 N–H and O–H groups in total. The smallest absolute Gasteiger partial charge is 0.231 e. The molecule has 0 atom stereocenters. The van der Waals surface area contributed by atoms with Crippen molar-refractivity contribution in [2.24, 2.45) is 0 Å². The van der Waals surface area contributed by atoms with Gasteiger partial charge in [0.15, 0.2) is 11.5 Å². The highest BCUT2D eigenvalue weighted by Crippen LogP contribution is 2.45. The Labute approximate surface area is 116 Å². The second kappa shape index (κ2) is 4.17. The summed E-state index contributed by atoms with van der Waals surface area (Å²) in [6, 6.07) is 6.11. The number of rotatable bonds is 1. The Balaban J connectivity index is 1.86. The van der Waals surface area contributed by atoms with Crippen molar-refractivity contribution in [3.63, 3.8) is 0 Å². The van der Waals surface area contributed by atoms with E-state index in [0.717, 1.165) is 28.5 Å². The molecule has 4 rings (SSSR count). The molecule has 3 nitrogen and oxygen atoms in total. The first kappa shape index (κ1) is 11.2. The molecule has 0 fully saturated rings. The molecule has 0 amide bonds. The number of nitrogen functional groups attached to an aromatic ring is 1. The van der Waals surface area contributed by atoms with Gasteiger partial charge >= 0.3 is 0 Å². The molecular weight excluding hydrogens is 258 g/mol. The van der Waals surface area contributed by atoms with E-state index in [1.807, 2.05) is 6.07 Å². The van der Waals surface area contributed by atoms with E-state index < -0.39 is 0 Å².